The molecular formula is C3H8BrN5. The lowest BCUT2D eigenvalue weighted by Crippen LogP contribution is -2.13. The van der Waals surface area contributed by atoms with E-state index < -0.39 is 0 Å². The maximum absolute atomic E-state index is 5.27. The molecule has 1 rings (SSSR count). The third-order valence-corrected chi connectivity index (χ3v) is 0.893. The molecule has 52 valence electrons. The van der Waals surface area contributed by atoms with Crippen LogP contribution in [0, 0.1) is 6.92 Å². The van der Waals surface area contributed by atoms with E-state index in [0.29, 0.717) is 5.82 Å². The maximum Gasteiger partial charge on any atom is 0.240 e. The standard InChI is InChI=1S/C3H7N5.BrH/c1-2-6-7-3(4)8(2)5;/h5H2,1H3,(H2,4,7);1H. The Morgan fingerprint density at radius 3 is 2.11 bits per heavy atom. The Bertz CT molecular complexity index is 175. The minimum Gasteiger partial charge on any atom is -0.366 e. The van der Waals surface area contributed by atoms with Gasteiger partial charge < -0.3 is 11.6 Å². The average molecular weight is 194 g/mol. The Morgan fingerprint density at radius 1 is 1.44 bits per heavy atom. The molecule has 0 atom stereocenters. The van der Waals surface area contributed by atoms with Gasteiger partial charge in [-0.2, -0.15) is 0 Å². The number of nitrogens with two attached hydrogens (primary N) is 2. The molecule has 0 saturated heterocycles. The van der Waals surface area contributed by atoms with Crippen molar-refractivity contribution in [3.05, 3.63) is 5.82 Å². The fourth-order valence-electron chi connectivity index (χ4n) is 0.386. The van der Waals surface area contributed by atoms with Gasteiger partial charge in [-0.15, -0.1) is 27.2 Å². The van der Waals surface area contributed by atoms with E-state index in [2.05, 4.69) is 10.2 Å². The number of nitrogen functional groups attached to an aromatic ring is 2. The van der Waals surface area contributed by atoms with Gasteiger partial charge >= 0.3 is 0 Å². The molecule has 0 amide bonds. The number of halogens is 1. The van der Waals surface area contributed by atoms with Crippen LogP contribution in [0.2, 0.25) is 0 Å². The summed E-state index contributed by atoms with van der Waals surface area (Å²) in [6.07, 6.45) is 0. The lowest BCUT2D eigenvalue weighted by molar-refractivity contribution is 0.934. The van der Waals surface area contributed by atoms with Gasteiger partial charge in [0.15, 0.2) is 5.82 Å². The molecule has 0 aromatic carbocycles. The SMILES string of the molecule is Br.Cc1nnc(N)n1N. The third-order valence-electron chi connectivity index (χ3n) is 0.893. The van der Waals surface area contributed by atoms with Gasteiger partial charge in [-0.25, -0.2) is 4.68 Å². The molecule has 4 N–H and O–H groups in total. The molecular weight excluding hydrogens is 186 g/mol. The summed E-state index contributed by atoms with van der Waals surface area (Å²) < 4.78 is 1.22. The van der Waals surface area contributed by atoms with Crippen LogP contribution in [0.4, 0.5) is 5.95 Å². The highest BCUT2D eigenvalue weighted by atomic mass is 79.9. The van der Waals surface area contributed by atoms with Crippen molar-refractivity contribution in [2.45, 2.75) is 6.92 Å². The molecule has 0 saturated carbocycles. The van der Waals surface area contributed by atoms with Crippen LogP contribution in [-0.2, 0) is 0 Å². The molecule has 0 aliphatic carbocycles. The Morgan fingerprint density at radius 2 is 2.00 bits per heavy atom. The molecule has 9 heavy (non-hydrogen) atoms. The molecule has 1 aromatic rings. The predicted octanol–water partition coefficient (Wildman–Crippen LogP) is -0.540. The van der Waals surface area contributed by atoms with E-state index in [1.807, 2.05) is 0 Å². The summed E-state index contributed by atoms with van der Waals surface area (Å²) in [5.41, 5.74) is 5.20. The number of rotatable bonds is 0. The molecule has 0 aliphatic heterocycles. The molecule has 6 heteroatoms. The molecule has 0 radical (unpaired) electrons. The van der Waals surface area contributed by atoms with Gasteiger partial charge in [-0.1, -0.05) is 0 Å². The molecule has 1 aromatic heterocycles. The van der Waals surface area contributed by atoms with Gasteiger partial charge in [0.25, 0.3) is 0 Å². The zero-order valence-electron chi connectivity index (χ0n) is 4.90. The second kappa shape index (κ2) is 2.67. The number of aryl methyl sites for hydroxylation is 1. The molecule has 5 nitrogen and oxygen atoms in total. The fraction of sp³-hybridized carbons (Fsp3) is 0.333. The quantitative estimate of drug-likeness (QED) is 0.543. The second-order valence-corrected chi connectivity index (χ2v) is 1.48. The summed E-state index contributed by atoms with van der Waals surface area (Å²) in [6, 6.07) is 0. The lowest BCUT2D eigenvalue weighted by Gasteiger charge is -1.91. The summed E-state index contributed by atoms with van der Waals surface area (Å²) in [7, 11) is 0. The van der Waals surface area contributed by atoms with Gasteiger partial charge in [0.05, 0.1) is 0 Å². The van der Waals surface area contributed by atoms with Gasteiger partial charge in [0.2, 0.25) is 5.95 Å². The monoisotopic (exact) mass is 193 g/mol. The second-order valence-electron chi connectivity index (χ2n) is 1.48. The zero-order valence-corrected chi connectivity index (χ0v) is 6.62. The number of nitrogens with zero attached hydrogens (tertiary/aromatic N) is 3. The van der Waals surface area contributed by atoms with Gasteiger partial charge in [0, 0.05) is 0 Å². The number of hydrogen-bond donors (Lipinski definition) is 2. The highest BCUT2D eigenvalue weighted by molar-refractivity contribution is 8.93. The topological polar surface area (TPSA) is 82.8 Å². The van der Waals surface area contributed by atoms with E-state index in [9.17, 15) is 0 Å². The summed E-state index contributed by atoms with van der Waals surface area (Å²) in [5, 5.41) is 7.06. The lowest BCUT2D eigenvalue weighted by atomic mass is 10.7. The van der Waals surface area contributed by atoms with Crippen LogP contribution in [0.1, 0.15) is 5.82 Å². The molecule has 0 bridgehead atoms. The minimum absolute atomic E-state index is 0. The number of hydrogen-bond acceptors (Lipinski definition) is 4. The zero-order chi connectivity index (χ0) is 6.15. The van der Waals surface area contributed by atoms with Crippen molar-refractivity contribution in [1.82, 2.24) is 14.9 Å². The third kappa shape index (κ3) is 1.32. The Kier molecular flexibility index (Phi) is 2.44. The molecule has 0 unspecified atom stereocenters. The van der Waals surface area contributed by atoms with Crippen molar-refractivity contribution in [3.8, 4) is 0 Å². The van der Waals surface area contributed by atoms with Crippen LogP contribution in [-0.4, -0.2) is 14.9 Å². The highest BCUT2D eigenvalue weighted by Crippen LogP contribution is 1.92. The van der Waals surface area contributed by atoms with Crippen LogP contribution in [0.25, 0.3) is 0 Å². The number of aromatic nitrogens is 3. The predicted molar refractivity (Wildman–Crippen MR) is 39.6 cm³/mol. The first-order valence-electron chi connectivity index (χ1n) is 2.14. The van der Waals surface area contributed by atoms with Gasteiger partial charge in [-0.05, 0) is 6.92 Å². The van der Waals surface area contributed by atoms with Crippen LogP contribution < -0.4 is 11.6 Å². The Labute approximate surface area is 62.8 Å². The van der Waals surface area contributed by atoms with Crippen LogP contribution in [0.3, 0.4) is 0 Å². The number of anilines is 1. The Balaban J connectivity index is 0.000000640. The summed E-state index contributed by atoms with van der Waals surface area (Å²) in [5.74, 6) is 6.12. The van der Waals surface area contributed by atoms with Crippen molar-refractivity contribution in [2.75, 3.05) is 11.6 Å². The molecule has 0 spiro atoms. The Hall–Kier alpha value is -0.780. The molecule has 1 heterocycles. The van der Waals surface area contributed by atoms with Crippen molar-refractivity contribution >= 4 is 22.9 Å². The van der Waals surface area contributed by atoms with Crippen molar-refractivity contribution < 1.29 is 0 Å². The van der Waals surface area contributed by atoms with E-state index in [0.717, 1.165) is 0 Å². The van der Waals surface area contributed by atoms with Crippen LogP contribution in [0.15, 0.2) is 0 Å². The average Bonchev–Trinajstić information content (AvgIpc) is 1.98. The van der Waals surface area contributed by atoms with Crippen molar-refractivity contribution in [3.63, 3.8) is 0 Å². The van der Waals surface area contributed by atoms with Crippen molar-refractivity contribution in [2.24, 2.45) is 0 Å². The van der Waals surface area contributed by atoms with Gasteiger partial charge in [-0.3, -0.25) is 0 Å². The van der Waals surface area contributed by atoms with E-state index in [1.165, 1.54) is 4.68 Å². The van der Waals surface area contributed by atoms with Crippen LogP contribution in [0.5, 0.6) is 0 Å². The largest absolute Gasteiger partial charge is 0.366 e. The first kappa shape index (κ1) is 8.22. The maximum atomic E-state index is 5.27. The van der Waals surface area contributed by atoms with Gasteiger partial charge in [0.1, 0.15) is 0 Å². The van der Waals surface area contributed by atoms with E-state index in [-0.39, 0.29) is 22.9 Å². The normalized spacial score (nSPS) is 8.56. The molecule has 0 aliphatic rings. The van der Waals surface area contributed by atoms with E-state index >= 15 is 0 Å². The smallest absolute Gasteiger partial charge is 0.240 e. The molecule has 0 fully saturated rings. The minimum atomic E-state index is 0. The van der Waals surface area contributed by atoms with E-state index in [4.69, 9.17) is 11.6 Å². The highest BCUT2D eigenvalue weighted by Gasteiger charge is 1.96. The van der Waals surface area contributed by atoms with Crippen LogP contribution >= 0.6 is 17.0 Å². The summed E-state index contributed by atoms with van der Waals surface area (Å²) in [4.78, 5) is 0. The van der Waals surface area contributed by atoms with E-state index in [1.54, 1.807) is 6.92 Å². The summed E-state index contributed by atoms with van der Waals surface area (Å²) in [6.45, 7) is 1.73. The first-order valence-corrected chi connectivity index (χ1v) is 2.14. The van der Waals surface area contributed by atoms with Crippen molar-refractivity contribution in [1.29, 1.82) is 0 Å². The summed E-state index contributed by atoms with van der Waals surface area (Å²) >= 11 is 0. The fourth-order valence-corrected chi connectivity index (χ4v) is 0.386. The first-order chi connectivity index (χ1) is 3.72.